The number of nitrogens with one attached hydrogen (secondary N) is 2. The maximum atomic E-state index is 13.3. The van der Waals surface area contributed by atoms with Crippen LogP contribution in [0.25, 0.3) is 21.5 Å². The van der Waals surface area contributed by atoms with E-state index in [2.05, 4.69) is 143 Å². The molecule has 6 aromatic carbocycles. The second-order valence-electron chi connectivity index (χ2n) is 15.0. The summed E-state index contributed by atoms with van der Waals surface area (Å²) in [6.45, 7) is 6.29. The van der Waals surface area contributed by atoms with Gasteiger partial charge in [-0.05, 0) is 184 Å². The van der Waals surface area contributed by atoms with Crippen LogP contribution < -0.4 is 20.7 Å². The van der Waals surface area contributed by atoms with Gasteiger partial charge in [0.15, 0.2) is 0 Å². The summed E-state index contributed by atoms with van der Waals surface area (Å²) in [5, 5.41) is 33.3. The van der Waals surface area contributed by atoms with Crippen molar-refractivity contribution in [2.45, 2.75) is 39.5 Å². The fourth-order valence-corrected chi connectivity index (χ4v) is 9.22. The van der Waals surface area contributed by atoms with Crippen molar-refractivity contribution in [1.82, 2.24) is 10.9 Å². The Morgan fingerprint density at radius 1 is 0.540 bits per heavy atom. The Kier molecular flexibility index (Phi) is 17.6. The molecule has 63 heavy (non-hydrogen) atoms. The van der Waals surface area contributed by atoms with Gasteiger partial charge in [0.2, 0.25) is 0 Å². The standard InChI is InChI=1S/C48H48Br4N6O5/c1-31(37-25-41(49)47(61)42(50)26-37)53-55-45(59)29-57(39-17-15-33-11-3-5-13-35(33)23-39)19-7-9-21-63-22-10-8-20-58(40-18-16-34-12-4-6-14-36(34)24-40)30-46(60)56-54-32(2)38-27-43(51)48(62)44(52)28-38/h3-6,11-18,23-28,61-62H,7-10,19-22,29-30H2,1-2H3,(H,55,59)(H,56,60)/b53-31+,54-32+. The van der Waals surface area contributed by atoms with E-state index in [0.29, 0.717) is 55.6 Å². The van der Waals surface area contributed by atoms with E-state index >= 15 is 0 Å². The molecule has 0 spiro atoms. The van der Waals surface area contributed by atoms with Gasteiger partial charge < -0.3 is 24.7 Å². The summed E-state index contributed by atoms with van der Waals surface area (Å²) in [6.07, 6.45) is 3.25. The molecule has 0 atom stereocenters. The highest BCUT2D eigenvalue weighted by Crippen LogP contribution is 2.35. The number of carbonyl (C=O) groups is 2. The minimum atomic E-state index is -0.246. The van der Waals surface area contributed by atoms with Gasteiger partial charge in [-0.1, -0.05) is 60.7 Å². The van der Waals surface area contributed by atoms with Crippen LogP contribution in [0.1, 0.15) is 50.7 Å². The maximum Gasteiger partial charge on any atom is 0.259 e. The predicted octanol–water partition coefficient (Wildman–Crippen LogP) is 11.4. The van der Waals surface area contributed by atoms with Crippen LogP contribution in [0.2, 0.25) is 0 Å². The number of halogens is 4. The minimum Gasteiger partial charge on any atom is -0.506 e. The number of unbranched alkanes of at least 4 members (excludes halogenated alkanes) is 2. The van der Waals surface area contributed by atoms with Gasteiger partial charge in [-0.3, -0.25) is 9.59 Å². The molecule has 11 nitrogen and oxygen atoms in total. The van der Waals surface area contributed by atoms with Crippen molar-refractivity contribution >= 4 is 120 Å². The molecule has 2 amide bonds. The molecule has 0 heterocycles. The first-order valence-electron chi connectivity index (χ1n) is 20.4. The number of nitrogens with zero attached hydrogens (tertiary/aromatic N) is 4. The molecule has 0 saturated carbocycles. The van der Waals surface area contributed by atoms with Gasteiger partial charge in [0, 0.05) is 37.7 Å². The predicted molar refractivity (Wildman–Crippen MR) is 269 cm³/mol. The molecule has 0 unspecified atom stereocenters. The summed E-state index contributed by atoms with van der Waals surface area (Å²) in [4.78, 5) is 30.7. The zero-order valence-electron chi connectivity index (χ0n) is 34.9. The normalized spacial score (nSPS) is 11.8. The number of phenolic OH excluding ortho intramolecular Hbond substituents is 2. The molecular formula is C48H48Br4N6O5. The number of ether oxygens (including phenoxy) is 1. The number of phenols is 2. The first kappa shape index (κ1) is 47.7. The summed E-state index contributed by atoms with van der Waals surface area (Å²) < 4.78 is 8.16. The Labute approximate surface area is 401 Å². The summed E-state index contributed by atoms with van der Waals surface area (Å²) in [5.41, 5.74) is 9.99. The number of aromatic hydroxyl groups is 2. The van der Waals surface area contributed by atoms with Crippen LogP contribution in [0.4, 0.5) is 11.4 Å². The third-order valence-electron chi connectivity index (χ3n) is 10.4. The Hall–Kier alpha value is -4.80. The smallest absolute Gasteiger partial charge is 0.259 e. The first-order valence-corrected chi connectivity index (χ1v) is 23.6. The Morgan fingerprint density at radius 2 is 0.905 bits per heavy atom. The Morgan fingerprint density at radius 3 is 1.29 bits per heavy atom. The van der Waals surface area contributed by atoms with E-state index in [1.807, 2.05) is 36.4 Å². The van der Waals surface area contributed by atoms with Gasteiger partial charge in [0.05, 0.1) is 42.4 Å². The molecule has 0 fully saturated rings. The fourth-order valence-electron chi connectivity index (χ4n) is 6.85. The SMILES string of the molecule is C/C(=N\NC(=O)CN(CCCCOCCCCN(CC(=O)N/N=C(\C)c1cc(Br)c(O)c(Br)c1)c1ccc2ccccc2c1)c1ccc2ccccc2c1)c1cc(Br)c(O)c(Br)c1. The molecule has 0 aliphatic rings. The van der Waals surface area contributed by atoms with Crippen LogP contribution in [0.5, 0.6) is 11.5 Å². The lowest BCUT2D eigenvalue weighted by Crippen LogP contribution is -2.36. The largest absolute Gasteiger partial charge is 0.506 e. The second kappa shape index (κ2) is 23.2. The first-order chi connectivity index (χ1) is 30.4. The van der Waals surface area contributed by atoms with E-state index in [4.69, 9.17) is 4.74 Å². The molecule has 0 aromatic heterocycles. The number of carbonyl (C=O) groups excluding carboxylic acids is 2. The van der Waals surface area contributed by atoms with E-state index in [1.165, 1.54) is 0 Å². The zero-order chi connectivity index (χ0) is 44.9. The van der Waals surface area contributed by atoms with Crippen molar-refractivity contribution < 1.29 is 24.5 Å². The van der Waals surface area contributed by atoms with Gasteiger partial charge in [0.25, 0.3) is 11.8 Å². The van der Waals surface area contributed by atoms with E-state index < -0.39 is 0 Å². The Bertz CT molecular complexity index is 2420. The molecule has 0 aliphatic heterocycles. The number of fused-ring (bicyclic) bond motifs is 2. The van der Waals surface area contributed by atoms with Crippen LogP contribution in [0.15, 0.2) is 137 Å². The Balaban J connectivity index is 0.998. The van der Waals surface area contributed by atoms with Crippen LogP contribution in [0.3, 0.4) is 0 Å². The molecule has 0 radical (unpaired) electrons. The monoisotopic (exact) mass is 1100 g/mol. The lowest BCUT2D eigenvalue weighted by molar-refractivity contribution is -0.120. The van der Waals surface area contributed by atoms with E-state index in [0.717, 1.165) is 69.7 Å². The van der Waals surface area contributed by atoms with Crippen LogP contribution in [-0.4, -0.2) is 72.8 Å². The number of rotatable bonds is 20. The highest BCUT2D eigenvalue weighted by molar-refractivity contribution is 9.11. The van der Waals surface area contributed by atoms with Gasteiger partial charge in [0.1, 0.15) is 11.5 Å². The van der Waals surface area contributed by atoms with Crippen molar-refractivity contribution in [3.63, 3.8) is 0 Å². The molecule has 6 rings (SSSR count). The summed E-state index contributed by atoms with van der Waals surface area (Å²) in [7, 11) is 0. The molecule has 0 bridgehead atoms. The number of hydrogen-bond acceptors (Lipinski definition) is 9. The summed E-state index contributed by atoms with van der Waals surface area (Å²) in [6, 6.07) is 35.7. The van der Waals surface area contributed by atoms with Crippen molar-refractivity contribution in [3.05, 3.63) is 138 Å². The van der Waals surface area contributed by atoms with Crippen LogP contribution in [0, 0.1) is 0 Å². The van der Waals surface area contributed by atoms with Crippen LogP contribution in [-0.2, 0) is 14.3 Å². The topological polar surface area (TPSA) is 139 Å². The number of hydrazone groups is 2. The number of amides is 2. The highest BCUT2D eigenvalue weighted by atomic mass is 79.9. The maximum absolute atomic E-state index is 13.3. The lowest BCUT2D eigenvalue weighted by atomic mass is 10.1. The fraction of sp³-hybridized carbons (Fsp3) is 0.250. The van der Waals surface area contributed by atoms with E-state index in [1.54, 1.807) is 38.1 Å². The molecule has 15 heteroatoms. The third-order valence-corrected chi connectivity index (χ3v) is 12.8. The molecule has 0 saturated heterocycles. The van der Waals surface area contributed by atoms with Gasteiger partial charge in [-0.15, -0.1) is 0 Å². The number of hydrogen-bond donors (Lipinski definition) is 4. The molecule has 328 valence electrons. The average Bonchev–Trinajstić information content (AvgIpc) is 3.28. The molecule has 0 aliphatic carbocycles. The number of benzene rings is 6. The van der Waals surface area contributed by atoms with Crippen molar-refractivity contribution in [1.29, 1.82) is 0 Å². The van der Waals surface area contributed by atoms with Gasteiger partial charge in [-0.2, -0.15) is 10.2 Å². The van der Waals surface area contributed by atoms with E-state index in [-0.39, 0.29) is 36.4 Å². The second-order valence-corrected chi connectivity index (χ2v) is 18.4. The summed E-state index contributed by atoms with van der Waals surface area (Å²) >= 11 is 13.4. The van der Waals surface area contributed by atoms with Crippen molar-refractivity contribution in [2.24, 2.45) is 10.2 Å². The molecule has 4 N–H and O–H groups in total. The summed E-state index contributed by atoms with van der Waals surface area (Å²) in [5.74, 6) is -0.298. The average molecular weight is 1110 g/mol. The third kappa shape index (κ3) is 13.6. The quantitative estimate of drug-likeness (QED) is 0.0339. The zero-order valence-corrected chi connectivity index (χ0v) is 41.2. The van der Waals surface area contributed by atoms with Gasteiger partial charge in [-0.25, -0.2) is 10.9 Å². The highest BCUT2D eigenvalue weighted by Gasteiger charge is 2.16. The molecular weight excluding hydrogens is 1060 g/mol. The van der Waals surface area contributed by atoms with E-state index in [9.17, 15) is 19.8 Å². The number of anilines is 2. The van der Waals surface area contributed by atoms with Crippen molar-refractivity contribution in [2.75, 3.05) is 49.2 Å². The van der Waals surface area contributed by atoms with Gasteiger partial charge >= 0.3 is 0 Å². The van der Waals surface area contributed by atoms with Crippen LogP contribution >= 0.6 is 63.7 Å². The lowest BCUT2D eigenvalue weighted by Gasteiger charge is -2.25. The minimum absolute atomic E-state index is 0.0966. The molecule has 6 aromatic rings. The van der Waals surface area contributed by atoms with Crippen molar-refractivity contribution in [3.8, 4) is 11.5 Å².